The first-order valence-electron chi connectivity index (χ1n) is 5.50. The summed E-state index contributed by atoms with van der Waals surface area (Å²) in [5.41, 5.74) is 2.02. The summed E-state index contributed by atoms with van der Waals surface area (Å²) >= 11 is 0. The van der Waals surface area contributed by atoms with Gasteiger partial charge in [-0.25, -0.2) is 9.78 Å². The van der Waals surface area contributed by atoms with Gasteiger partial charge in [-0.1, -0.05) is 0 Å². The van der Waals surface area contributed by atoms with Crippen molar-refractivity contribution < 1.29 is 14.7 Å². The number of aryl methyl sites for hydroxylation is 1. The van der Waals surface area contributed by atoms with Gasteiger partial charge in [0.05, 0.1) is 5.56 Å². The molecule has 1 heterocycles. The van der Waals surface area contributed by atoms with E-state index in [-0.39, 0.29) is 11.4 Å². The number of aromatic amines is 1. The van der Waals surface area contributed by atoms with Crippen molar-refractivity contribution >= 4 is 17.6 Å². The number of rotatable bonds is 3. The first-order chi connectivity index (χ1) is 8.99. The fraction of sp³-hybridized carbons (Fsp3) is 0.167. The Labute approximate surface area is 108 Å². The predicted molar refractivity (Wildman–Crippen MR) is 67.2 cm³/mol. The molecule has 0 atom stereocenters. The van der Waals surface area contributed by atoms with Crippen molar-refractivity contribution in [3.8, 4) is 0 Å². The van der Waals surface area contributed by atoms with Gasteiger partial charge in [0.15, 0.2) is 0 Å². The quantitative estimate of drug-likeness (QED) is 0.772. The predicted octanol–water partition coefficient (Wildman–Crippen LogP) is 1.37. The van der Waals surface area contributed by atoms with Gasteiger partial charge < -0.3 is 10.4 Å². The highest BCUT2D eigenvalue weighted by Gasteiger charge is 2.14. The zero-order valence-electron chi connectivity index (χ0n) is 10.4. The van der Waals surface area contributed by atoms with Gasteiger partial charge in [0, 0.05) is 5.69 Å². The Morgan fingerprint density at radius 1 is 1.32 bits per heavy atom. The van der Waals surface area contributed by atoms with E-state index in [9.17, 15) is 9.59 Å². The maximum atomic E-state index is 11.8. The van der Waals surface area contributed by atoms with Crippen LogP contribution in [0.1, 0.15) is 32.1 Å². The van der Waals surface area contributed by atoms with E-state index >= 15 is 0 Å². The Morgan fingerprint density at radius 2 is 2.05 bits per heavy atom. The molecule has 3 N–H and O–H groups in total. The number of nitrogens with zero attached hydrogens (tertiary/aromatic N) is 2. The molecule has 98 valence electrons. The third-order valence-electron chi connectivity index (χ3n) is 2.79. The topological polar surface area (TPSA) is 108 Å². The lowest BCUT2D eigenvalue weighted by Crippen LogP contribution is -2.15. The number of carboxylic acids is 1. The number of amides is 1. The van der Waals surface area contributed by atoms with Crippen LogP contribution in [0.3, 0.4) is 0 Å². The minimum absolute atomic E-state index is 0.0649. The second-order valence-electron chi connectivity index (χ2n) is 4.06. The van der Waals surface area contributed by atoms with Crippen LogP contribution in [0.15, 0.2) is 18.5 Å². The largest absolute Gasteiger partial charge is 0.478 e. The second kappa shape index (κ2) is 4.89. The van der Waals surface area contributed by atoms with Gasteiger partial charge >= 0.3 is 5.97 Å². The van der Waals surface area contributed by atoms with E-state index in [1.807, 2.05) is 0 Å². The van der Waals surface area contributed by atoms with Crippen molar-refractivity contribution in [3.05, 3.63) is 41.0 Å². The van der Waals surface area contributed by atoms with Gasteiger partial charge in [0.2, 0.25) is 5.82 Å². The Morgan fingerprint density at radius 3 is 2.63 bits per heavy atom. The van der Waals surface area contributed by atoms with E-state index in [1.165, 1.54) is 12.4 Å². The van der Waals surface area contributed by atoms with Crippen LogP contribution < -0.4 is 5.32 Å². The highest BCUT2D eigenvalue weighted by molar-refractivity contribution is 6.02. The van der Waals surface area contributed by atoms with Gasteiger partial charge in [0.25, 0.3) is 5.91 Å². The molecule has 2 rings (SSSR count). The summed E-state index contributed by atoms with van der Waals surface area (Å²) in [5.74, 6) is -1.44. The standard InChI is InChI=1S/C12H12N4O3/c1-6-3-8(4-9(7(6)2)12(18)19)15-11(17)10-13-5-14-16-10/h3-5H,1-2H3,(H,15,17)(H,18,19)(H,13,14,16). The fourth-order valence-electron chi connectivity index (χ4n) is 1.66. The lowest BCUT2D eigenvalue weighted by molar-refractivity contribution is 0.0695. The minimum atomic E-state index is -1.03. The molecule has 1 aromatic carbocycles. The van der Waals surface area contributed by atoms with Crippen LogP contribution in [0.4, 0.5) is 5.69 Å². The third kappa shape index (κ3) is 2.59. The van der Waals surface area contributed by atoms with Crippen LogP contribution >= 0.6 is 0 Å². The van der Waals surface area contributed by atoms with Crippen molar-refractivity contribution in [2.45, 2.75) is 13.8 Å². The number of aromatic carboxylic acids is 1. The fourth-order valence-corrected chi connectivity index (χ4v) is 1.66. The number of hydrogen-bond donors (Lipinski definition) is 3. The lowest BCUT2D eigenvalue weighted by atomic mass is 10.0. The molecule has 0 bridgehead atoms. The molecule has 0 unspecified atom stereocenters. The molecule has 1 amide bonds. The van der Waals surface area contributed by atoms with Gasteiger partial charge in [0.1, 0.15) is 6.33 Å². The van der Waals surface area contributed by atoms with Crippen LogP contribution in [0.2, 0.25) is 0 Å². The zero-order valence-corrected chi connectivity index (χ0v) is 10.4. The highest BCUT2D eigenvalue weighted by Crippen LogP contribution is 2.20. The van der Waals surface area contributed by atoms with Crippen molar-refractivity contribution in [1.29, 1.82) is 0 Å². The number of hydrogen-bond acceptors (Lipinski definition) is 4. The smallest absolute Gasteiger partial charge is 0.336 e. The molecule has 7 nitrogen and oxygen atoms in total. The molecule has 0 spiro atoms. The van der Waals surface area contributed by atoms with Crippen molar-refractivity contribution in [3.63, 3.8) is 0 Å². The molecule has 7 heteroatoms. The molecule has 0 radical (unpaired) electrons. The summed E-state index contributed by atoms with van der Waals surface area (Å²) in [6, 6.07) is 3.12. The molecule has 2 aromatic rings. The molecule has 0 aliphatic rings. The number of benzene rings is 1. The summed E-state index contributed by atoms with van der Waals surface area (Å²) < 4.78 is 0. The number of carbonyl (C=O) groups is 2. The molecule has 0 saturated carbocycles. The second-order valence-corrected chi connectivity index (χ2v) is 4.06. The van der Waals surface area contributed by atoms with E-state index in [0.717, 1.165) is 5.56 Å². The molecule has 1 aromatic heterocycles. The van der Waals surface area contributed by atoms with Crippen LogP contribution in [0.25, 0.3) is 0 Å². The first kappa shape index (κ1) is 12.7. The average molecular weight is 260 g/mol. The molecule has 0 saturated heterocycles. The number of H-pyrrole nitrogens is 1. The minimum Gasteiger partial charge on any atom is -0.478 e. The van der Waals surface area contributed by atoms with E-state index in [2.05, 4.69) is 20.5 Å². The molecule has 0 aliphatic carbocycles. The van der Waals surface area contributed by atoms with Gasteiger partial charge in [-0.15, -0.1) is 0 Å². The van der Waals surface area contributed by atoms with E-state index in [4.69, 9.17) is 5.11 Å². The Balaban J connectivity index is 2.31. The summed E-state index contributed by atoms with van der Waals surface area (Å²) in [5, 5.41) is 17.7. The number of aromatic nitrogens is 3. The molecular weight excluding hydrogens is 248 g/mol. The van der Waals surface area contributed by atoms with E-state index < -0.39 is 11.9 Å². The SMILES string of the molecule is Cc1cc(NC(=O)c2ncn[nH]2)cc(C(=O)O)c1C. The van der Waals surface area contributed by atoms with Crippen molar-refractivity contribution in [2.24, 2.45) is 0 Å². The molecule has 0 aliphatic heterocycles. The van der Waals surface area contributed by atoms with Crippen LogP contribution in [0.5, 0.6) is 0 Å². The summed E-state index contributed by atoms with van der Waals surface area (Å²) in [6.07, 6.45) is 1.22. The Hall–Kier alpha value is -2.70. The monoisotopic (exact) mass is 260 g/mol. The van der Waals surface area contributed by atoms with Crippen LogP contribution in [-0.4, -0.2) is 32.2 Å². The maximum Gasteiger partial charge on any atom is 0.336 e. The number of nitrogens with one attached hydrogen (secondary N) is 2. The number of carbonyl (C=O) groups excluding carboxylic acids is 1. The van der Waals surface area contributed by atoms with Gasteiger partial charge in [-0.3, -0.25) is 9.89 Å². The van der Waals surface area contributed by atoms with Crippen molar-refractivity contribution in [1.82, 2.24) is 15.2 Å². The first-order valence-corrected chi connectivity index (χ1v) is 5.50. The lowest BCUT2D eigenvalue weighted by Gasteiger charge is -2.09. The summed E-state index contributed by atoms with van der Waals surface area (Å²) in [4.78, 5) is 26.6. The third-order valence-corrected chi connectivity index (χ3v) is 2.79. The van der Waals surface area contributed by atoms with Crippen molar-refractivity contribution in [2.75, 3.05) is 5.32 Å². The van der Waals surface area contributed by atoms with E-state index in [1.54, 1.807) is 19.9 Å². The van der Waals surface area contributed by atoms with E-state index in [0.29, 0.717) is 11.3 Å². The molecule has 19 heavy (non-hydrogen) atoms. The number of carboxylic acid groups (broad SMARTS) is 1. The molecule has 0 fully saturated rings. The summed E-state index contributed by atoms with van der Waals surface area (Å²) in [6.45, 7) is 3.51. The zero-order chi connectivity index (χ0) is 14.0. The maximum absolute atomic E-state index is 11.8. The summed E-state index contributed by atoms with van der Waals surface area (Å²) in [7, 11) is 0. The Bertz CT molecular complexity index is 635. The average Bonchev–Trinajstić information content (AvgIpc) is 2.86. The normalized spacial score (nSPS) is 10.2. The highest BCUT2D eigenvalue weighted by atomic mass is 16.4. The van der Waals surface area contributed by atoms with Crippen LogP contribution in [-0.2, 0) is 0 Å². The van der Waals surface area contributed by atoms with Gasteiger partial charge in [-0.2, -0.15) is 5.10 Å². The molecular formula is C12H12N4O3. The Kier molecular flexibility index (Phi) is 3.28. The number of anilines is 1. The van der Waals surface area contributed by atoms with Gasteiger partial charge in [-0.05, 0) is 37.1 Å². The van der Waals surface area contributed by atoms with Crippen LogP contribution in [0, 0.1) is 13.8 Å².